The summed E-state index contributed by atoms with van der Waals surface area (Å²) in [6.07, 6.45) is 10.6. The fourth-order valence-corrected chi connectivity index (χ4v) is 1.63. The van der Waals surface area contributed by atoms with Crippen molar-refractivity contribution < 1.29 is 4.74 Å². The smallest absolute Gasteiger partial charge is 0.156 e. The van der Waals surface area contributed by atoms with Gasteiger partial charge in [-0.05, 0) is 31.2 Å². The van der Waals surface area contributed by atoms with Gasteiger partial charge in [0.25, 0.3) is 0 Å². The van der Waals surface area contributed by atoms with E-state index in [-0.39, 0.29) is 6.10 Å². The largest absolute Gasteiger partial charge is 0.477 e. The Hall–Kier alpha value is -1.73. The number of benzene rings is 1. The molecule has 0 heterocycles. The predicted molar refractivity (Wildman–Crippen MR) is 84.3 cm³/mol. The minimum atomic E-state index is -0.267. The van der Waals surface area contributed by atoms with Crippen LogP contribution in [0.4, 0.5) is 0 Å². The summed E-state index contributed by atoms with van der Waals surface area (Å²) in [6, 6.07) is 5.81. The molecular weight excluding hydrogens is 304 g/mol. The quantitative estimate of drug-likeness (QED) is 0.472. The second-order valence-corrected chi connectivity index (χ2v) is 5.00. The highest BCUT2D eigenvalue weighted by Gasteiger charge is 2.05. The molecule has 0 aliphatic carbocycles. The summed E-state index contributed by atoms with van der Waals surface area (Å²) >= 11 is 3.42. The second kappa shape index (κ2) is 7.65. The van der Waals surface area contributed by atoms with Crippen LogP contribution in [0.1, 0.15) is 12.5 Å². The number of hydrogen-bond acceptors (Lipinski definition) is 3. The number of hydrazone groups is 1. The monoisotopic (exact) mass is 320 g/mol. The van der Waals surface area contributed by atoms with Gasteiger partial charge in [0.15, 0.2) is 6.10 Å². The Bertz CT molecular complexity index is 515. The highest BCUT2D eigenvalue weighted by Crippen LogP contribution is 2.25. The first-order chi connectivity index (χ1) is 9.02. The van der Waals surface area contributed by atoms with Gasteiger partial charge in [0.1, 0.15) is 5.75 Å². The molecule has 1 atom stereocenters. The van der Waals surface area contributed by atoms with E-state index < -0.39 is 0 Å². The van der Waals surface area contributed by atoms with E-state index in [1.54, 1.807) is 11.2 Å². The molecule has 1 aromatic carbocycles. The predicted octanol–water partition coefficient (Wildman–Crippen LogP) is 3.41. The van der Waals surface area contributed by atoms with E-state index in [1.807, 2.05) is 51.4 Å². The Labute approximate surface area is 123 Å². The number of rotatable bonds is 5. The van der Waals surface area contributed by atoms with Gasteiger partial charge >= 0.3 is 0 Å². The Morgan fingerprint density at radius 2 is 2.21 bits per heavy atom. The van der Waals surface area contributed by atoms with Crippen molar-refractivity contribution in [2.24, 2.45) is 5.10 Å². The molecule has 0 spiro atoms. The average Bonchev–Trinajstić information content (AvgIpc) is 2.36. The van der Waals surface area contributed by atoms with E-state index >= 15 is 0 Å². The van der Waals surface area contributed by atoms with E-state index in [9.17, 15) is 0 Å². The number of hydrogen-bond donors (Lipinski definition) is 0. The molecule has 1 aromatic rings. The molecule has 0 fully saturated rings. The maximum Gasteiger partial charge on any atom is 0.156 e. The maximum atomic E-state index is 5.68. The van der Waals surface area contributed by atoms with Gasteiger partial charge in [-0.25, -0.2) is 0 Å². The molecule has 0 aliphatic rings. The van der Waals surface area contributed by atoms with Crippen molar-refractivity contribution in [3.63, 3.8) is 0 Å². The summed E-state index contributed by atoms with van der Waals surface area (Å²) in [5.74, 6) is 3.29. The zero-order valence-corrected chi connectivity index (χ0v) is 12.9. The third kappa shape index (κ3) is 5.62. The summed E-state index contributed by atoms with van der Waals surface area (Å²) in [7, 11) is 3.74. The molecule has 100 valence electrons. The molecular formula is C15H17BrN2O. The molecule has 19 heavy (non-hydrogen) atoms. The lowest BCUT2D eigenvalue weighted by atomic mass is 10.2. The Morgan fingerprint density at radius 1 is 1.47 bits per heavy atom. The minimum Gasteiger partial charge on any atom is -0.477 e. The zero-order chi connectivity index (χ0) is 14.3. The van der Waals surface area contributed by atoms with E-state index in [0.29, 0.717) is 0 Å². The van der Waals surface area contributed by atoms with E-state index in [2.05, 4.69) is 27.0 Å². The van der Waals surface area contributed by atoms with Crippen molar-refractivity contribution in [3.8, 4) is 18.1 Å². The lowest BCUT2D eigenvalue weighted by Gasteiger charge is -2.12. The van der Waals surface area contributed by atoms with Crippen LogP contribution in [-0.2, 0) is 0 Å². The molecule has 0 radical (unpaired) electrons. The van der Waals surface area contributed by atoms with Crippen LogP contribution in [0.25, 0.3) is 6.08 Å². The molecule has 1 rings (SSSR count). The fourth-order valence-electron chi connectivity index (χ4n) is 1.29. The fraction of sp³-hybridized carbons (Fsp3) is 0.267. The van der Waals surface area contributed by atoms with Crippen molar-refractivity contribution in [2.75, 3.05) is 14.1 Å². The number of halogens is 1. The first-order valence-corrected chi connectivity index (χ1v) is 6.62. The van der Waals surface area contributed by atoms with Gasteiger partial charge in [0.05, 0.1) is 0 Å². The lowest BCUT2D eigenvalue weighted by Crippen LogP contribution is -2.09. The number of terminal acetylenes is 1. The highest BCUT2D eigenvalue weighted by molar-refractivity contribution is 9.10. The Balaban J connectivity index is 2.91. The summed E-state index contributed by atoms with van der Waals surface area (Å²) in [5.41, 5.74) is 0.954. The van der Waals surface area contributed by atoms with E-state index in [1.165, 1.54) is 0 Å². The third-order valence-corrected chi connectivity index (χ3v) is 2.67. The van der Waals surface area contributed by atoms with Crippen LogP contribution in [-0.4, -0.2) is 31.4 Å². The summed E-state index contributed by atoms with van der Waals surface area (Å²) in [4.78, 5) is 0. The minimum absolute atomic E-state index is 0.267. The third-order valence-electron chi connectivity index (χ3n) is 2.17. The van der Waals surface area contributed by atoms with Gasteiger partial charge in [-0.1, -0.05) is 27.9 Å². The van der Waals surface area contributed by atoms with E-state index in [4.69, 9.17) is 11.2 Å². The Kier molecular flexibility index (Phi) is 6.17. The van der Waals surface area contributed by atoms with Crippen LogP contribution >= 0.6 is 15.9 Å². The van der Waals surface area contributed by atoms with Gasteiger partial charge in [-0.2, -0.15) is 5.10 Å². The first-order valence-electron chi connectivity index (χ1n) is 5.83. The molecule has 0 aliphatic heterocycles. The number of ether oxygens (including phenoxy) is 1. The molecule has 1 unspecified atom stereocenters. The average molecular weight is 321 g/mol. The molecule has 0 saturated carbocycles. The van der Waals surface area contributed by atoms with Gasteiger partial charge in [0.2, 0.25) is 0 Å². The van der Waals surface area contributed by atoms with Gasteiger partial charge < -0.3 is 9.75 Å². The molecule has 0 N–H and O–H groups in total. The molecule has 3 nitrogen and oxygen atoms in total. The van der Waals surface area contributed by atoms with Crippen molar-refractivity contribution in [1.29, 1.82) is 0 Å². The summed E-state index contributed by atoms with van der Waals surface area (Å²) in [6.45, 7) is 1.84. The van der Waals surface area contributed by atoms with Crippen LogP contribution in [0.15, 0.2) is 33.8 Å². The molecule has 0 bridgehead atoms. The van der Waals surface area contributed by atoms with Crippen LogP contribution < -0.4 is 4.74 Å². The molecule has 0 saturated heterocycles. The Morgan fingerprint density at radius 3 is 2.84 bits per heavy atom. The van der Waals surface area contributed by atoms with Gasteiger partial charge in [0, 0.05) is 30.3 Å². The van der Waals surface area contributed by atoms with Crippen molar-refractivity contribution in [1.82, 2.24) is 5.01 Å². The van der Waals surface area contributed by atoms with Crippen LogP contribution in [0.5, 0.6) is 5.75 Å². The topological polar surface area (TPSA) is 24.8 Å². The first kappa shape index (κ1) is 15.3. The van der Waals surface area contributed by atoms with Gasteiger partial charge in [-0.3, -0.25) is 0 Å². The maximum absolute atomic E-state index is 5.68. The second-order valence-electron chi connectivity index (χ2n) is 4.08. The van der Waals surface area contributed by atoms with Crippen molar-refractivity contribution >= 4 is 28.2 Å². The number of allylic oxidation sites excluding steroid dienone is 1. The summed E-state index contributed by atoms with van der Waals surface area (Å²) < 4.78 is 6.63. The molecule has 4 heteroatoms. The zero-order valence-electron chi connectivity index (χ0n) is 11.3. The molecule has 0 amide bonds. The van der Waals surface area contributed by atoms with Crippen molar-refractivity contribution in [2.45, 2.75) is 13.0 Å². The van der Waals surface area contributed by atoms with Crippen LogP contribution in [0, 0.1) is 12.3 Å². The summed E-state index contributed by atoms with van der Waals surface area (Å²) in [5, 5.41) is 5.83. The van der Waals surface area contributed by atoms with Gasteiger partial charge in [-0.15, -0.1) is 6.42 Å². The SMILES string of the molecule is C#CC(C)Oc1cc(Br)ccc1/C=C/C=N/N(C)C. The lowest BCUT2D eigenvalue weighted by molar-refractivity contribution is 0.278. The van der Waals surface area contributed by atoms with Crippen molar-refractivity contribution in [3.05, 3.63) is 34.3 Å². The van der Waals surface area contributed by atoms with Crippen LogP contribution in [0.3, 0.4) is 0 Å². The highest BCUT2D eigenvalue weighted by atomic mass is 79.9. The standard InChI is InChI=1S/C15H17BrN2O/c1-5-12(2)19-15-11-14(16)9-8-13(15)7-6-10-17-18(3)4/h1,6-12H,2-4H3/b7-6+,17-10+. The molecule has 0 aromatic heterocycles. The normalized spacial score (nSPS) is 12.6. The van der Waals surface area contributed by atoms with Crippen LogP contribution in [0.2, 0.25) is 0 Å². The number of nitrogens with zero attached hydrogens (tertiary/aromatic N) is 2. The van der Waals surface area contributed by atoms with E-state index in [0.717, 1.165) is 15.8 Å².